The van der Waals surface area contributed by atoms with Crippen LogP contribution in [0.15, 0.2) is 60.8 Å². The van der Waals surface area contributed by atoms with Crippen LogP contribution in [0.2, 0.25) is 0 Å². The first-order chi connectivity index (χ1) is 10.4. The van der Waals surface area contributed by atoms with Crippen LogP contribution in [0.25, 0.3) is 10.9 Å². The summed E-state index contributed by atoms with van der Waals surface area (Å²) >= 11 is 0. The number of H-pyrrole nitrogens is 1. The SMILES string of the molecule is c1ccc(C2CCC(c3c[nH]c4ccccc34)CC2)cc1. The first-order valence-electron chi connectivity index (χ1n) is 8.03. The molecule has 0 spiro atoms. The molecule has 1 fully saturated rings. The Balaban J connectivity index is 1.53. The zero-order chi connectivity index (χ0) is 14.1. The minimum atomic E-state index is 0.723. The lowest BCUT2D eigenvalue weighted by atomic mass is 9.76. The monoisotopic (exact) mass is 275 g/mol. The van der Waals surface area contributed by atoms with Crippen molar-refractivity contribution in [2.75, 3.05) is 0 Å². The third-order valence-electron chi connectivity index (χ3n) is 5.06. The topological polar surface area (TPSA) is 15.8 Å². The fourth-order valence-electron chi connectivity index (χ4n) is 3.89. The molecule has 0 unspecified atom stereocenters. The lowest BCUT2D eigenvalue weighted by Gasteiger charge is -2.28. The summed E-state index contributed by atoms with van der Waals surface area (Å²) in [6, 6.07) is 19.7. The average Bonchev–Trinajstić information content (AvgIpc) is 3.00. The summed E-state index contributed by atoms with van der Waals surface area (Å²) in [7, 11) is 0. The summed E-state index contributed by atoms with van der Waals surface area (Å²) in [5, 5.41) is 1.42. The Labute approximate surface area is 126 Å². The molecule has 1 saturated carbocycles. The predicted molar refractivity (Wildman–Crippen MR) is 88.7 cm³/mol. The molecule has 1 aromatic heterocycles. The number of aromatic amines is 1. The van der Waals surface area contributed by atoms with Crippen molar-refractivity contribution < 1.29 is 0 Å². The van der Waals surface area contributed by atoms with Gasteiger partial charge in [0.05, 0.1) is 0 Å². The molecule has 0 amide bonds. The van der Waals surface area contributed by atoms with Crippen molar-refractivity contribution in [3.8, 4) is 0 Å². The van der Waals surface area contributed by atoms with Gasteiger partial charge < -0.3 is 4.98 Å². The van der Waals surface area contributed by atoms with Crippen LogP contribution in [-0.2, 0) is 0 Å². The van der Waals surface area contributed by atoms with Gasteiger partial charge in [0.1, 0.15) is 0 Å². The van der Waals surface area contributed by atoms with Gasteiger partial charge in [0.15, 0.2) is 0 Å². The molecule has 0 saturated heterocycles. The second-order valence-electron chi connectivity index (χ2n) is 6.25. The van der Waals surface area contributed by atoms with Gasteiger partial charge in [0.2, 0.25) is 0 Å². The van der Waals surface area contributed by atoms with Crippen LogP contribution in [0.1, 0.15) is 48.6 Å². The number of benzene rings is 2. The van der Waals surface area contributed by atoms with Crippen LogP contribution >= 0.6 is 0 Å². The average molecular weight is 275 g/mol. The van der Waals surface area contributed by atoms with Crippen LogP contribution in [0.5, 0.6) is 0 Å². The second-order valence-corrected chi connectivity index (χ2v) is 6.25. The molecule has 106 valence electrons. The van der Waals surface area contributed by atoms with Crippen LogP contribution < -0.4 is 0 Å². The summed E-state index contributed by atoms with van der Waals surface area (Å²) in [5.74, 6) is 1.48. The van der Waals surface area contributed by atoms with Gasteiger partial charge in [-0.3, -0.25) is 0 Å². The van der Waals surface area contributed by atoms with Crippen LogP contribution in [0, 0.1) is 0 Å². The number of rotatable bonds is 2. The highest BCUT2D eigenvalue weighted by atomic mass is 14.7. The molecule has 21 heavy (non-hydrogen) atoms. The highest BCUT2D eigenvalue weighted by molar-refractivity contribution is 5.83. The van der Waals surface area contributed by atoms with Crippen molar-refractivity contribution in [2.24, 2.45) is 0 Å². The van der Waals surface area contributed by atoms with Gasteiger partial charge in [-0.15, -0.1) is 0 Å². The fraction of sp³-hybridized carbons (Fsp3) is 0.300. The van der Waals surface area contributed by atoms with Crippen molar-refractivity contribution in [3.05, 3.63) is 71.9 Å². The van der Waals surface area contributed by atoms with E-state index in [0.717, 1.165) is 11.8 Å². The fourth-order valence-corrected chi connectivity index (χ4v) is 3.89. The third-order valence-corrected chi connectivity index (χ3v) is 5.06. The molecule has 0 aliphatic heterocycles. The number of nitrogens with one attached hydrogen (secondary N) is 1. The number of aromatic nitrogens is 1. The Morgan fingerprint density at radius 1 is 0.714 bits per heavy atom. The zero-order valence-corrected chi connectivity index (χ0v) is 12.3. The largest absolute Gasteiger partial charge is 0.361 e. The van der Waals surface area contributed by atoms with Crippen molar-refractivity contribution in [1.29, 1.82) is 0 Å². The van der Waals surface area contributed by atoms with E-state index in [9.17, 15) is 0 Å². The molecule has 4 rings (SSSR count). The molecule has 2 aromatic carbocycles. The van der Waals surface area contributed by atoms with Crippen molar-refractivity contribution in [2.45, 2.75) is 37.5 Å². The van der Waals surface area contributed by atoms with E-state index in [4.69, 9.17) is 0 Å². The van der Waals surface area contributed by atoms with Gasteiger partial charge >= 0.3 is 0 Å². The van der Waals surface area contributed by atoms with Crippen LogP contribution in [-0.4, -0.2) is 4.98 Å². The Hall–Kier alpha value is -2.02. The maximum Gasteiger partial charge on any atom is 0.0456 e. The third kappa shape index (κ3) is 2.37. The molecule has 1 heterocycles. The van der Waals surface area contributed by atoms with E-state index >= 15 is 0 Å². The van der Waals surface area contributed by atoms with E-state index in [1.807, 2.05) is 0 Å². The van der Waals surface area contributed by atoms with Crippen molar-refractivity contribution in [3.63, 3.8) is 0 Å². The van der Waals surface area contributed by atoms with E-state index in [1.165, 1.54) is 47.7 Å². The normalized spacial score (nSPS) is 22.5. The summed E-state index contributed by atoms with van der Waals surface area (Å²) in [5.41, 5.74) is 4.32. The first kappa shape index (κ1) is 12.7. The van der Waals surface area contributed by atoms with Crippen LogP contribution in [0.3, 0.4) is 0 Å². The molecular formula is C20H21N. The van der Waals surface area contributed by atoms with Gasteiger partial charge in [-0.1, -0.05) is 48.5 Å². The molecule has 1 heteroatoms. The Bertz CT molecular complexity index is 718. The highest BCUT2D eigenvalue weighted by Crippen LogP contribution is 2.42. The van der Waals surface area contributed by atoms with E-state index in [2.05, 4.69) is 65.8 Å². The maximum absolute atomic E-state index is 3.43. The standard InChI is InChI=1S/C20H21N/c1-2-6-15(7-3-1)16-10-12-17(13-11-16)19-14-21-20-9-5-4-8-18(19)20/h1-9,14,16-17,21H,10-13H2. The molecule has 1 nitrogen and oxygen atoms in total. The van der Waals surface area contributed by atoms with Gasteiger partial charge in [0.25, 0.3) is 0 Å². The summed E-state index contributed by atoms with van der Waals surface area (Å²) in [6.45, 7) is 0. The lowest BCUT2D eigenvalue weighted by Crippen LogP contribution is -2.11. The van der Waals surface area contributed by atoms with E-state index in [-0.39, 0.29) is 0 Å². The minimum absolute atomic E-state index is 0.723. The summed E-state index contributed by atoms with van der Waals surface area (Å²) in [4.78, 5) is 3.43. The molecule has 0 radical (unpaired) electrons. The lowest BCUT2D eigenvalue weighted by molar-refractivity contribution is 0.398. The summed E-state index contributed by atoms with van der Waals surface area (Å²) < 4.78 is 0. The molecule has 0 bridgehead atoms. The number of hydrogen-bond acceptors (Lipinski definition) is 0. The van der Waals surface area contributed by atoms with Gasteiger partial charge in [-0.2, -0.15) is 0 Å². The first-order valence-corrected chi connectivity index (χ1v) is 8.03. The van der Waals surface area contributed by atoms with Crippen molar-refractivity contribution >= 4 is 10.9 Å². The molecule has 1 aliphatic rings. The smallest absolute Gasteiger partial charge is 0.0456 e. The quantitative estimate of drug-likeness (QED) is 0.625. The van der Waals surface area contributed by atoms with E-state index < -0.39 is 0 Å². The van der Waals surface area contributed by atoms with Crippen molar-refractivity contribution in [1.82, 2.24) is 4.98 Å². The Morgan fingerprint density at radius 2 is 1.38 bits per heavy atom. The second kappa shape index (κ2) is 5.40. The molecule has 0 atom stereocenters. The Kier molecular flexibility index (Phi) is 3.27. The summed E-state index contributed by atoms with van der Waals surface area (Å²) in [6.07, 6.45) is 7.48. The molecular weight excluding hydrogens is 254 g/mol. The maximum atomic E-state index is 3.43. The van der Waals surface area contributed by atoms with Gasteiger partial charge in [-0.25, -0.2) is 0 Å². The highest BCUT2D eigenvalue weighted by Gasteiger charge is 2.24. The number of fused-ring (bicyclic) bond motifs is 1. The number of para-hydroxylation sites is 1. The minimum Gasteiger partial charge on any atom is -0.361 e. The Morgan fingerprint density at radius 3 is 2.19 bits per heavy atom. The van der Waals surface area contributed by atoms with E-state index in [1.54, 1.807) is 0 Å². The molecule has 1 N–H and O–H groups in total. The van der Waals surface area contributed by atoms with Gasteiger partial charge in [0, 0.05) is 17.1 Å². The van der Waals surface area contributed by atoms with E-state index in [0.29, 0.717) is 0 Å². The molecule has 1 aliphatic carbocycles. The zero-order valence-electron chi connectivity index (χ0n) is 12.3. The van der Waals surface area contributed by atoms with Crippen LogP contribution in [0.4, 0.5) is 0 Å². The number of hydrogen-bond donors (Lipinski definition) is 1. The van der Waals surface area contributed by atoms with Gasteiger partial charge in [-0.05, 0) is 54.7 Å². The predicted octanol–water partition coefficient (Wildman–Crippen LogP) is 5.61. The molecule has 3 aromatic rings.